The van der Waals surface area contributed by atoms with Gasteiger partial charge in [0.25, 0.3) is 0 Å². The van der Waals surface area contributed by atoms with Gasteiger partial charge in [-0.15, -0.1) is 0 Å². The van der Waals surface area contributed by atoms with Gasteiger partial charge in [0.15, 0.2) is 5.75 Å². The Kier molecular flexibility index (Phi) is 4.90. The molecule has 0 atom stereocenters. The molecule has 0 aliphatic rings. The van der Waals surface area contributed by atoms with Crippen molar-refractivity contribution in [1.29, 1.82) is 0 Å². The second-order valence-electron chi connectivity index (χ2n) is 6.17. The lowest BCUT2D eigenvalue weighted by molar-refractivity contribution is -0.385. The summed E-state index contributed by atoms with van der Waals surface area (Å²) in [5.41, 5.74) is 1.13. The number of nitro groups is 1. The molecule has 11 heteroatoms. The van der Waals surface area contributed by atoms with Crippen LogP contribution >= 0.6 is 15.9 Å². The van der Waals surface area contributed by atoms with Crippen molar-refractivity contribution in [3.05, 3.63) is 65.1 Å². The van der Waals surface area contributed by atoms with Crippen molar-refractivity contribution in [3.63, 3.8) is 0 Å². The van der Waals surface area contributed by atoms with Crippen LogP contribution in [-0.2, 0) is 4.96 Å². The lowest BCUT2D eigenvalue weighted by Gasteiger charge is -2.14. The molecule has 0 amide bonds. The van der Waals surface area contributed by atoms with E-state index in [2.05, 4.69) is 31.0 Å². The van der Waals surface area contributed by atoms with E-state index in [0.29, 0.717) is 21.1 Å². The number of aromatic nitrogens is 4. The molecule has 152 valence electrons. The smallest absolute Gasteiger partial charge is 0.401 e. The highest BCUT2D eigenvalue weighted by Gasteiger charge is 2.33. The third-order valence-electron chi connectivity index (χ3n) is 4.44. The van der Waals surface area contributed by atoms with Crippen molar-refractivity contribution in [2.75, 3.05) is 7.11 Å². The molecule has 0 N–H and O–H groups in total. The Bertz CT molecular complexity index is 1260. The van der Waals surface area contributed by atoms with Gasteiger partial charge in [0.05, 0.1) is 35.1 Å². The Balaban J connectivity index is 2.05. The summed E-state index contributed by atoms with van der Waals surface area (Å²) in [5, 5.41) is 15.6. The number of fused-ring (bicyclic) bond motifs is 1. The zero-order chi connectivity index (χ0) is 21.5. The number of benzene rings is 2. The summed E-state index contributed by atoms with van der Waals surface area (Å²) in [7, 11) is 1.31. The van der Waals surface area contributed by atoms with E-state index in [0.717, 1.165) is 0 Å². The summed E-state index contributed by atoms with van der Waals surface area (Å²) in [4.78, 5) is 15.8. The number of methoxy groups -OCH3 is 1. The van der Waals surface area contributed by atoms with Crippen LogP contribution in [0.25, 0.3) is 33.4 Å². The molecule has 0 saturated carbocycles. The van der Waals surface area contributed by atoms with E-state index in [9.17, 15) is 18.9 Å². The number of hydrogen-bond donors (Lipinski definition) is 0. The number of hydrogen-bond acceptors (Lipinski definition) is 6. The molecule has 2 aromatic carbocycles. The van der Waals surface area contributed by atoms with Crippen molar-refractivity contribution in [2.24, 2.45) is 0 Å². The van der Waals surface area contributed by atoms with Crippen molar-refractivity contribution >= 4 is 32.5 Å². The molecule has 8 nitrogen and oxygen atoms in total. The Morgan fingerprint density at radius 3 is 2.57 bits per heavy atom. The van der Waals surface area contributed by atoms with Crippen LogP contribution < -0.4 is 4.74 Å². The summed E-state index contributed by atoms with van der Waals surface area (Å²) in [5.74, 6) is 0.0307. The molecule has 4 rings (SSSR count). The molecule has 0 unspecified atom stereocenters. The zero-order valence-electron chi connectivity index (χ0n) is 15.3. The van der Waals surface area contributed by atoms with E-state index >= 15 is 0 Å². The quantitative estimate of drug-likeness (QED) is 0.229. The van der Waals surface area contributed by atoms with E-state index in [1.54, 1.807) is 30.3 Å². The zero-order valence-corrected chi connectivity index (χ0v) is 16.9. The van der Waals surface area contributed by atoms with Crippen LogP contribution in [-0.4, -0.2) is 31.8 Å². The molecule has 2 heterocycles. The third kappa shape index (κ3) is 3.36. The molecule has 0 fully saturated rings. The molecule has 0 spiro atoms. The number of nitro benzene ring substituents is 1. The number of rotatable bonds is 5. The average Bonchev–Trinajstić information content (AvgIpc) is 3.18. The fraction of sp³-hybridized carbons (Fsp3) is 0.105. The SMILES string of the molecule is COc1cc2ncnc(-c3cnn(C(F)(F)Br)c3-c3ccccc3)c2cc1[N+](=O)[O-]. The molecule has 0 radical (unpaired) electrons. The lowest BCUT2D eigenvalue weighted by Crippen LogP contribution is -2.17. The Labute approximate surface area is 176 Å². The fourth-order valence-corrected chi connectivity index (χ4v) is 3.45. The van der Waals surface area contributed by atoms with Crippen LogP contribution in [0.1, 0.15) is 0 Å². The van der Waals surface area contributed by atoms with Gasteiger partial charge in [-0.1, -0.05) is 30.3 Å². The van der Waals surface area contributed by atoms with Crippen LogP contribution in [0.4, 0.5) is 14.5 Å². The van der Waals surface area contributed by atoms with Gasteiger partial charge < -0.3 is 4.74 Å². The average molecular weight is 476 g/mol. The molecular weight excluding hydrogens is 464 g/mol. The minimum atomic E-state index is -3.46. The number of halogens is 3. The molecule has 0 aliphatic carbocycles. The third-order valence-corrected chi connectivity index (χ3v) is 4.78. The van der Waals surface area contributed by atoms with Crippen molar-refractivity contribution in [2.45, 2.75) is 4.96 Å². The standard InChI is InChI=1S/C19H12BrF2N5O3/c1-30-16-8-14-12(7-15(16)27(28)29)17(24-10-23-14)13-9-25-26(19(20,21)22)18(13)11-5-3-2-4-6-11/h2-10H,1H3. The maximum atomic E-state index is 14.2. The van der Waals surface area contributed by atoms with Crippen LogP contribution in [0.5, 0.6) is 5.75 Å². The highest BCUT2D eigenvalue weighted by atomic mass is 79.9. The number of alkyl halides is 3. The Hall–Kier alpha value is -3.47. The molecule has 4 aromatic rings. The highest BCUT2D eigenvalue weighted by molar-refractivity contribution is 9.09. The van der Waals surface area contributed by atoms with Gasteiger partial charge in [0.2, 0.25) is 0 Å². The first-order valence-electron chi connectivity index (χ1n) is 8.49. The van der Waals surface area contributed by atoms with Gasteiger partial charge in [-0.05, 0) is 0 Å². The maximum absolute atomic E-state index is 14.2. The molecular formula is C19H12BrF2N5O3. The molecule has 0 bridgehead atoms. The second-order valence-corrected chi connectivity index (χ2v) is 7.13. The largest absolute Gasteiger partial charge is 0.490 e. The molecule has 30 heavy (non-hydrogen) atoms. The first kappa shape index (κ1) is 19.8. The molecule has 0 aliphatic heterocycles. The highest BCUT2D eigenvalue weighted by Crippen LogP contribution is 2.41. The normalized spacial score (nSPS) is 11.6. The van der Waals surface area contributed by atoms with Crippen LogP contribution in [0, 0.1) is 10.1 Å². The predicted octanol–water partition coefficient (Wildman–Crippen LogP) is 4.98. The van der Waals surface area contributed by atoms with E-state index in [-0.39, 0.29) is 28.4 Å². The first-order valence-corrected chi connectivity index (χ1v) is 9.28. The van der Waals surface area contributed by atoms with Gasteiger partial charge in [-0.25, -0.2) is 9.97 Å². The fourth-order valence-electron chi connectivity index (χ4n) is 3.18. The minimum Gasteiger partial charge on any atom is -0.490 e. The minimum absolute atomic E-state index is 0.0307. The van der Waals surface area contributed by atoms with Gasteiger partial charge in [0.1, 0.15) is 6.33 Å². The molecule has 0 saturated heterocycles. The topological polar surface area (TPSA) is 96.0 Å². The summed E-state index contributed by atoms with van der Waals surface area (Å²) in [6, 6.07) is 11.2. The van der Waals surface area contributed by atoms with E-state index in [1.165, 1.54) is 31.8 Å². The van der Waals surface area contributed by atoms with Gasteiger partial charge in [-0.3, -0.25) is 10.1 Å². The van der Waals surface area contributed by atoms with Crippen molar-refractivity contribution in [3.8, 4) is 28.3 Å². The molecule has 2 aromatic heterocycles. The summed E-state index contributed by atoms with van der Waals surface area (Å²) < 4.78 is 34.0. The summed E-state index contributed by atoms with van der Waals surface area (Å²) in [6.45, 7) is 0. The summed E-state index contributed by atoms with van der Waals surface area (Å²) in [6.07, 6.45) is 2.50. The van der Waals surface area contributed by atoms with Crippen LogP contribution in [0.15, 0.2) is 55.0 Å². The number of ether oxygens (including phenoxy) is 1. The van der Waals surface area contributed by atoms with E-state index in [1.807, 2.05) is 0 Å². The predicted molar refractivity (Wildman–Crippen MR) is 109 cm³/mol. The van der Waals surface area contributed by atoms with Crippen LogP contribution in [0.3, 0.4) is 0 Å². The Morgan fingerprint density at radius 2 is 1.93 bits per heavy atom. The Morgan fingerprint density at radius 1 is 1.20 bits per heavy atom. The first-order chi connectivity index (χ1) is 14.3. The monoisotopic (exact) mass is 475 g/mol. The van der Waals surface area contributed by atoms with Crippen molar-refractivity contribution in [1.82, 2.24) is 19.7 Å². The van der Waals surface area contributed by atoms with Crippen molar-refractivity contribution < 1.29 is 18.4 Å². The lowest BCUT2D eigenvalue weighted by atomic mass is 10.0. The van der Waals surface area contributed by atoms with Gasteiger partial charge in [0, 0.05) is 44.6 Å². The van der Waals surface area contributed by atoms with E-state index < -0.39 is 9.88 Å². The second kappa shape index (κ2) is 7.41. The number of nitrogens with zero attached hydrogens (tertiary/aromatic N) is 5. The van der Waals surface area contributed by atoms with E-state index in [4.69, 9.17) is 4.74 Å². The van der Waals surface area contributed by atoms with Crippen LogP contribution in [0.2, 0.25) is 0 Å². The maximum Gasteiger partial charge on any atom is 0.401 e. The summed E-state index contributed by atoms with van der Waals surface area (Å²) >= 11 is 2.35. The van der Waals surface area contributed by atoms with Gasteiger partial charge >= 0.3 is 10.6 Å². The van der Waals surface area contributed by atoms with Gasteiger partial charge in [-0.2, -0.15) is 18.6 Å².